The van der Waals surface area contributed by atoms with Gasteiger partial charge in [0.15, 0.2) is 0 Å². The zero-order valence-electron chi connectivity index (χ0n) is 9.45. The molecule has 0 spiro atoms. The van der Waals surface area contributed by atoms with Crippen LogP contribution in [0.15, 0.2) is 42.0 Å². The zero-order valence-corrected chi connectivity index (χ0v) is 10.3. The predicted octanol–water partition coefficient (Wildman–Crippen LogP) is 2.37. The minimum atomic E-state index is 0.133. The number of ether oxygens (including phenoxy) is 1. The number of aliphatic hydroxyl groups excluding tert-OH is 1. The van der Waals surface area contributed by atoms with Gasteiger partial charge in [0, 0.05) is 23.6 Å². The average Bonchev–Trinajstić information content (AvgIpc) is 2.88. The molecule has 0 saturated heterocycles. The largest absolute Gasteiger partial charge is 0.492 e. The van der Waals surface area contributed by atoms with Crippen LogP contribution >= 0.6 is 11.3 Å². The second-order valence-electron chi connectivity index (χ2n) is 3.83. The van der Waals surface area contributed by atoms with Crippen molar-refractivity contribution in [3.05, 3.63) is 46.9 Å². The van der Waals surface area contributed by atoms with Crippen molar-refractivity contribution in [1.29, 1.82) is 0 Å². The van der Waals surface area contributed by atoms with Gasteiger partial charge in [0.1, 0.15) is 5.75 Å². The Hall–Kier alpha value is -1.39. The molecular weight excluding hydrogens is 234 g/mol. The lowest BCUT2D eigenvalue weighted by Gasteiger charge is -2.14. The molecule has 17 heavy (non-hydrogen) atoms. The Morgan fingerprint density at radius 3 is 2.94 bits per heavy atom. The standard InChI is InChI=1S/C13H15NO2S/c15-9-11(7-13-4-2-6-17-13)10-16-12-3-1-5-14-8-12/h1-6,8,11,15H,7,9-10H2. The van der Waals surface area contributed by atoms with Crippen LogP contribution in [0.2, 0.25) is 0 Å². The second kappa shape index (κ2) is 6.37. The van der Waals surface area contributed by atoms with Crippen LogP contribution < -0.4 is 4.74 Å². The van der Waals surface area contributed by atoms with Crippen molar-refractivity contribution in [1.82, 2.24) is 4.98 Å². The highest BCUT2D eigenvalue weighted by Crippen LogP contribution is 2.16. The first kappa shape index (κ1) is 12.1. The number of nitrogens with zero attached hydrogens (tertiary/aromatic N) is 1. The Morgan fingerprint density at radius 1 is 1.35 bits per heavy atom. The van der Waals surface area contributed by atoms with Crippen molar-refractivity contribution in [2.75, 3.05) is 13.2 Å². The van der Waals surface area contributed by atoms with Gasteiger partial charge in [-0.1, -0.05) is 6.07 Å². The summed E-state index contributed by atoms with van der Waals surface area (Å²) in [5, 5.41) is 11.4. The summed E-state index contributed by atoms with van der Waals surface area (Å²) in [5.74, 6) is 0.881. The summed E-state index contributed by atoms with van der Waals surface area (Å²) in [7, 11) is 0. The number of hydrogen-bond donors (Lipinski definition) is 1. The number of aliphatic hydroxyl groups is 1. The van der Waals surface area contributed by atoms with Crippen LogP contribution in [0, 0.1) is 5.92 Å². The SMILES string of the molecule is OCC(COc1cccnc1)Cc1cccs1. The maximum atomic E-state index is 9.31. The van der Waals surface area contributed by atoms with Crippen molar-refractivity contribution in [2.24, 2.45) is 5.92 Å². The summed E-state index contributed by atoms with van der Waals surface area (Å²) < 4.78 is 5.59. The van der Waals surface area contributed by atoms with Gasteiger partial charge in [-0.3, -0.25) is 4.98 Å². The van der Waals surface area contributed by atoms with E-state index in [1.165, 1.54) is 4.88 Å². The van der Waals surface area contributed by atoms with Crippen LogP contribution in [-0.4, -0.2) is 23.3 Å². The molecule has 2 heterocycles. The van der Waals surface area contributed by atoms with Crippen LogP contribution in [-0.2, 0) is 6.42 Å². The van der Waals surface area contributed by atoms with E-state index in [4.69, 9.17) is 4.74 Å². The zero-order chi connectivity index (χ0) is 11.9. The number of pyridine rings is 1. The molecule has 0 aliphatic rings. The Bertz CT molecular complexity index is 416. The van der Waals surface area contributed by atoms with Gasteiger partial charge < -0.3 is 9.84 Å². The monoisotopic (exact) mass is 249 g/mol. The molecule has 0 amide bonds. The average molecular weight is 249 g/mol. The van der Waals surface area contributed by atoms with Crippen LogP contribution in [0.5, 0.6) is 5.75 Å². The van der Waals surface area contributed by atoms with E-state index in [1.54, 1.807) is 23.7 Å². The van der Waals surface area contributed by atoms with Gasteiger partial charge in [0.05, 0.1) is 12.8 Å². The molecule has 2 rings (SSSR count). The molecule has 0 aromatic carbocycles. The first-order valence-corrected chi connectivity index (χ1v) is 6.42. The summed E-state index contributed by atoms with van der Waals surface area (Å²) in [6, 6.07) is 7.81. The number of hydrogen-bond acceptors (Lipinski definition) is 4. The molecule has 4 heteroatoms. The first-order chi connectivity index (χ1) is 8.38. The van der Waals surface area contributed by atoms with Gasteiger partial charge in [-0.25, -0.2) is 0 Å². The van der Waals surface area contributed by atoms with E-state index in [0.29, 0.717) is 6.61 Å². The third kappa shape index (κ3) is 3.84. The number of rotatable bonds is 6. The summed E-state index contributed by atoms with van der Waals surface area (Å²) >= 11 is 1.71. The molecule has 0 aliphatic heterocycles. The van der Waals surface area contributed by atoms with E-state index >= 15 is 0 Å². The maximum Gasteiger partial charge on any atom is 0.137 e. The van der Waals surface area contributed by atoms with E-state index in [2.05, 4.69) is 11.1 Å². The fourth-order valence-corrected chi connectivity index (χ4v) is 2.36. The highest BCUT2D eigenvalue weighted by atomic mass is 32.1. The number of aromatic nitrogens is 1. The molecule has 1 unspecified atom stereocenters. The minimum absolute atomic E-state index is 0.133. The molecule has 0 aliphatic carbocycles. The topological polar surface area (TPSA) is 42.4 Å². The van der Waals surface area contributed by atoms with E-state index in [0.717, 1.165) is 12.2 Å². The van der Waals surface area contributed by atoms with Gasteiger partial charge in [0.25, 0.3) is 0 Å². The molecule has 0 saturated carbocycles. The minimum Gasteiger partial charge on any atom is -0.492 e. The van der Waals surface area contributed by atoms with Crippen LogP contribution in [0.4, 0.5) is 0 Å². The lowest BCUT2D eigenvalue weighted by Crippen LogP contribution is -2.18. The summed E-state index contributed by atoms with van der Waals surface area (Å²) in [6.45, 7) is 0.651. The molecule has 90 valence electrons. The van der Waals surface area contributed by atoms with Crippen LogP contribution in [0.25, 0.3) is 0 Å². The third-order valence-electron chi connectivity index (χ3n) is 2.45. The van der Waals surface area contributed by atoms with Crippen LogP contribution in [0.3, 0.4) is 0 Å². The van der Waals surface area contributed by atoms with Crippen LogP contribution in [0.1, 0.15) is 4.88 Å². The summed E-state index contributed by atoms with van der Waals surface area (Å²) in [4.78, 5) is 5.26. The van der Waals surface area contributed by atoms with Gasteiger partial charge in [-0.05, 0) is 30.0 Å². The molecule has 1 atom stereocenters. The molecule has 0 fully saturated rings. The lowest BCUT2D eigenvalue weighted by atomic mass is 10.1. The van der Waals surface area contributed by atoms with Crippen molar-refractivity contribution in [3.8, 4) is 5.75 Å². The van der Waals surface area contributed by atoms with E-state index in [1.807, 2.05) is 23.6 Å². The number of thiophene rings is 1. The van der Waals surface area contributed by atoms with Gasteiger partial charge in [-0.15, -0.1) is 11.3 Å². The normalized spacial score (nSPS) is 12.3. The Labute approximate surface area is 105 Å². The van der Waals surface area contributed by atoms with E-state index < -0.39 is 0 Å². The Balaban J connectivity index is 1.84. The quantitative estimate of drug-likeness (QED) is 0.854. The molecule has 0 bridgehead atoms. The summed E-state index contributed by atoms with van der Waals surface area (Å²) in [6.07, 6.45) is 4.25. The second-order valence-corrected chi connectivity index (χ2v) is 4.86. The van der Waals surface area contributed by atoms with E-state index in [9.17, 15) is 5.11 Å². The molecular formula is C13H15NO2S. The van der Waals surface area contributed by atoms with Crippen molar-refractivity contribution < 1.29 is 9.84 Å². The molecule has 3 nitrogen and oxygen atoms in total. The van der Waals surface area contributed by atoms with Crippen molar-refractivity contribution in [3.63, 3.8) is 0 Å². The first-order valence-electron chi connectivity index (χ1n) is 5.54. The maximum absolute atomic E-state index is 9.31. The highest BCUT2D eigenvalue weighted by Gasteiger charge is 2.10. The Morgan fingerprint density at radius 2 is 2.29 bits per heavy atom. The van der Waals surface area contributed by atoms with Gasteiger partial charge in [-0.2, -0.15) is 0 Å². The van der Waals surface area contributed by atoms with Crippen molar-refractivity contribution >= 4 is 11.3 Å². The lowest BCUT2D eigenvalue weighted by molar-refractivity contribution is 0.163. The smallest absolute Gasteiger partial charge is 0.137 e. The van der Waals surface area contributed by atoms with E-state index in [-0.39, 0.29) is 12.5 Å². The van der Waals surface area contributed by atoms with Gasteiger partial charge in [0.2, 0.25) is 0 Å². The predicted molar refractivity (Wildman–Crippen MR) is 68.3 cm³/mol. The molecule has 1 N–H and O–H groups in total. The van der Waals surface area contributed by atoms with Gasteiger partial charge >= 0.3 is 0 Å². The fourth-order valence-electron chi connectivity index (χ4n) is 1.54. The fraction of sp³-hybridized carbons (Fsp3) is 0.308. The summed E-state index contributed by atoms with van der Waals surface area (Å²) in [5.41, 5.74) is 0. The highest BCUT2D eigenvalue weighted by molar-refractivity contribution is 7.09. The molecule has 2 aromatic heterocycles. The third-order valence-corrected chi connectivity index (χ3v) is 3.35. The molecule has 0 radical (unpaired) electrons. The van der Waals surface area contributed by atoms with Crippen molar-refractivity contribution in [2.45, 2.75) is 6.42 Å². The Kier molecular flexibility index (Phi) is 4.53. The molecule has 2 aromatic rings.